The van der Waals surface area contributed by atoms with Crippen molar-refractivity contribution in [2.24, 2.45) is 0 Å². The number of hydrogen-bond donors (Lipinski definition) is 1. The van der Waals surface area contributed by atoms with Gasteiger partial charge in [-0.3, -0.25) is 9.59 Å². The van der Waals surface area contributed by atoms with E-state index in [1.807, 2.05) is 0 Å². The largest absolute Gasteiger partial charge is 0.475 e. The molecule has 0 aliphatic heterocycles. The fraction of sp³-hybridized carbons (Fsp3) is 0.500. The van der Waals surface area contributed by atoms with Crippen LogP contribution in [-0.2, 0) is 19.1 Å². The summed E-state index contributed by atoms with van der Waals surface area (Å²) in [5.41, 5.74) is 0. The number of carbonyl (C=O) groups excluding carboxylic acids is 2. The number of carboxylic acids is 1. The molecule has 0 spiro atoms. The number of carbonyl (C=O) groups is 3. The maximum Gasteiger partial charge on any atom is 0.388 e. The van der Waals surface area contributed by atoms with Crippen LogP contribution in [-0.4, -0.2) is 28.9 Å². The molecule has 0 saturated heterocycles. The highest BCUT2D eigenvalue weighted by Crippen LogP contribution is 1.74. The third-order valence-electron chi connectivity index (χ3n) is 0.516. The molecule has 0 radical (unpaired) electrons. The highest BCUT2D eigenvalue weighted by molar-refractivity contribution is 6.79. The van der Waals surface area contributed by atoms with Gasteiger partial charge in [-0.2, -0.15) is 0 Å². The Morgan fingerprint density at radius 3 is 1.75 bits per heavy atom. The average molecular weight is 197 g/mol. The minimum Gasteiger partial charge on any atom is -0.475 e. The van der Waals surface area contributed by atoms with Crippen molar-refractivity contribution in [1.29, 1.82) is 0 Å². The van der Waals surface area contributed by atoms with Gasteiger partial charge >= 0.3 is 17.2 Å². The number of rotatable bonds is 2. The molecule has 6 heteroatoms. The maximum atomic E-state index is 9.82. The van der Waals surface area contributed by atoms with E-state index in [0.29, 0.717) is 6.61 Å². The number of ether oxygens (including phenoxy) is 1. The maximum absolute atomic E-state index is 9.82. The lowest BCUT2D eigenvalue weighted by Gasteiger charge is -1.89. The molecule has 70 valence electrons. The molecule has 0 bridgehead atoms. The Hall–Kier alpha value is -1.10. The molecule has 0 aromatic heterocycles. The van der Waals surface area contributed by atoms with Crippen LogP contribution in [0.5, 0.6) is 0 Å². The molecular formula is C6H9ClO5. The van der Waals surface area contributed by atoms with Crippen molar-refractivity contribution < 1.29 is 24.2 Å². The number of halogens is 1. The van der Waals surface area contributed by atoms with E-state index in [9.17, 15) is 14.4 Å². The lowest BCUT2D eigenvalue weighted by atomic mass is 10.8. The van der Waals surface area contributed by atoms with Gasteiger partial charge in [-0.25, -0.2) is 4.79 Å². The minimum absolute atomic E-state index is 0.211. The molecule has 0 aliphatic carbocycles. The second-order valence-corrected chi connectivity index (χ2v) is 1.85. The van der Waals surface area contributed by atoms with E-state index in [1.165, 1.54) is 6.92 Å². The first-order valence-electron chi connectivity index (χ1n) is 2.97. The molecule has 0 aromatic rings. The fourth-order valence-electron chi connectivity index (χ4n) is 0.203. The van der Waals surface area contributed by atoms with Crippen LogP contribution in [0.3, 0.4) is 0 Å². The Morgan fingerprint density at radius 1 is 1.42 bits per heavy atom. The van der Waals surface area contributed by atoms with Crippen LogP contribution in [0.4, 0.5) is 0 Å². The van der Waals surface area contributed by atoms with Gasteiger partial charge in [-0.05, 0) is 18.5 Å². The summed E-state index contributed by atoms with van der Waals surface area (Å²) < 4.78 is 4.40. The lowest BCUT2D eigenvalue weighted by molar-refractivity contribution is -0.145. The van der Waals surface area contributed by atoms with Crippen LogP contribution in [0.2, 0.25) is 0 Å². The van der Waals surface area contributed by atoms with E-state index in [1.54, 1.807) is 6.92 Å². The van der Waals surface area contributed by atoms with E-state index in [4.69, 9.17) is 5.11 Å². The van der Waals surface area contributed by atoms with Crippen molar-refractivity contribution in [3.8, 4) is 0 Å². The number of hydrogen-bond acceptors (Lipinski definition) is 4. The summed E-state index contributed by atoms with van der Waals surface area (Å²) in [5, 5.41) is 6.16. The smallest absolute Gasteiger partial charge is 0.388 e. The SMILES string of the molecule is CCOC(C)=O.O=C(O)C(=O)Cl. The van der Waals surface area contributed by atoms with Gasteiger partial charge in [0, 0.05) is 6.92 Å². The Bertz CT molecular complexity index is 165. The second kappa shape index (κ2) is 8.00. The molecule has 12 heavy (non-hydrogen) atoms. The summed E-state index contributed by atoms with van der Waals surface area (Å²) in [6.45, 7) is 3.65. The molecule has 0 aliphatic rings. The van der Waals surface area contributed by atoms with Gasteiger partial charge < -0.3 is 9.84 Å². The molecular weight excluding hydrogens is 188 g/mol. The topological polar surface area (TPSA) is 80.7 Å². The van der Waals surface area contributed by atoms with E-state index in [0.717, 1.165) is 0 Å². The first-order chi connectivity index (χ1) is 5.41. The van der Waals surface area contributed by atoms with Crippen LogP contribution in [0.15, 0.2) is 0 Å². The van der Waals surface area contributed by atoms with E-state index in [-0.39, 0.29) is 5.97 Å². The Balaban J connectivity index is 0. The summed E-state index contributed by atoms with van der Waals surface area (Å²) in [5.74, 6) is -1.82. The molecule has 0 fully saturated rings. The van der Waals surface area contributed by atoms with Crippen LogP contribution >= 0.6 is 11.6 Å². The van der Waals surface area contributed by atoms with Crippen molar-refractivity contribution in [3.63, 3.8) is 0 Å². The first-order valence-corrected chi connectivity index (χ1v) is 3.35. The number of esters is 1. The van der Waals surface area contributed by atoms with E-state index >= 15 is 0 Å². The standard InChI is InChI=1S/C4H8O2.C2HClO3/c1-3-6-4(2)5;3-1(4)2(5)6/h3H2,1-2H3;(H,5,6). The highest BCUT2D eigenvalue weighted by Gasteiger charge is 2.02. The lowest BCUT2D eigenvalue weighted by Crippen LogP contribution is -2.02. The molecule has 0 heterocycles. The summed E-state index contributed by atoms with van der Waals surface area (Å²) in [7, 11) is 0. The third-order valence-corrected chi connectivity index (χ3v) is 0.677. The average Bonchev–Trinajstić information content (AvgIpc) is 1.87. The zero-order valence-electron chi connectivity index (χ0n) is 6.67. The van der Waals surface area contributed by atoms with Gasteiger partial charge in [0.25, 0.3) is 0 Å². The Kier molecular flexibility index (Phi) is 8.99. The molecule has 0 rings (SSSR count). The predicted molar refractivity (Wildman–Crippen MR) is 40.8 cm³/mol. The van der Waals surface area contributed by atoms with Gasteiger partial charge in [0.2, 0.25) is 0 Å². The first kappa shape index (κ1) is 13.5. The van der Waals surface area contributed by atoms with Crippen molar-refractivity contribution in [3.05, 3.63) is 0 Å². The summed E-state index contributed by atoms with van der Waals surface area (Å²) >= 11 is 4.37. The molecule has 0 amide bonds. The van der Waals surface area contributed by atoms with Crippen molar-refractivity contribution in [2.45, 2.75) is 13.8 Å². The van der Waals surface area contributed by atoms with Crippen molar-refractivity contribution in [1.82, 2.24) is 0 Å². The minimum atomic E-state index is -1.61. The monoisotopic (exact) mass is 196 g/mol. The van der Waals surface area contributed by atoms with Crippen LogP contribution in [0, 0.1) is 0 Å². The summed E-state index contributed by atoms with van der Waals surface area (Å²) in [4.78, 5) is 28.3. The van der Waals surface area contributed by atoms with Gasteiger partial charge in [-0.15, -0.1) is 0 Å². The molecule has 5 nitrogen and oxygen atoms in total. The van der Waals surface area contributed by atoms with Crippen LogP contribution in [0.25, 0.3) is 0 Å². The van der Waals surface area contributed by atoms with Crippen molar-refractivity contribution >= 4 is 28.8 Å². The normalized spacial score (nSPS) is 7.58. The molecule has 0 unspecified atom stereocenters. The predicted octanol–water partition coefficient (Wildman–Crippen LogP) is 0.406. The quantitative estimate of drug-likeness (QED) is 0.393. The second-order valence-electron chi connectivity index (χ2n) is 1.50. The van der Waals surface area contributed by atoms with Gasteiger partial charge in [0.15, 0.2) is 0 Å². The fourth-order valence-corrected chi connectivity index (χ4v) is 0.203. The zero-order chi connectivity index (χ0) is 10.1. The van der Waals surface area contributed by atoms with E-state index in [2.05, 4.69) is 16.3 Å². The highest BCUT2D eigenvalue weighted by atomic mass is 35.5. The molecule has 0 atom stereocenters. The zero-order valence-corrected chi connectivity index (χ0v) is 7.42. The molecule has 1 N–H and O–H groups in total. The van der Waals surface area contributed by atoms with Crippen molar-refractivity contribution in [2.75, 3.05) is 6.61 Å². The van der Waals surface area contributed by atoms with Gasteiger partial charge in [0.1, 0.15) is 0 Å². The number of carboxylic acid groups (broad SMARTS) is 1. The Labute approximate surface area is 74.3 Å². The van der Waals surface area contributed by atoms with Gasteiger partial charge in [0.05, 0.1) is 6.61 Å². The van der Waals surface area contributed by atoms with Crippen LogP contribution < -0.4 is 0 Å². The summed E-state index contributed by atoms with van der Waals surface area (Å²) in [6, 6.07) is 0. The van der Waals surface area contributed by atoms with Gasteiger partial charge in [-0.1, -0.05) is 0 Å². The Morgan fingerprint density at radius 2 is 1.75 bits per heavy atom. The third kappa shape index (κ3) is 16.0. The number of aliphatic carboxylic acids is 1. The molecule has 0 saturated carbocycles. The van der Waals surface area contributed by atoms with Crippen LogP contribution in [0.1, 0.15) is 13.8 Å². The summed E-state index contributed by atoms with van der Waals surface area (Å²) in [6.07, 6.45) is 0. The van der Waals surface area contributed by atoms with E-state index < -0.39 is 11.2 Å². The molecule has 0 aromatic carbocycles.